The molecule has 1 fully saturated rings. The molecule has 1 amide bonds. The van der Waals surface area contributed by atoms with Crippen molar-refractivity contribution in [3.63, 3.8) is 0 Å². The number of para-hydroxylation sites is 1. The number of carbonyl (C=O) groups is 2. The van der Waals surface area contributed by atoms with Crippen LogP contribution < -0.4 is 11.1 Å². The second-order valence-corrected chi connectivity index (χ2v) is 4.00. The molecule has 1 aliphatic carbocycles. The largest absolute Gasteiger partial charge is 0.366 e. The van der Waals surface area contributed by atoms with Gasteiger partial charge >= 0.3 is 0 Å². The average molecular weight is 230 g/mol. The highest BCUT2D eigenvalue weighted by Crippen LogP contribution is 2.21. The van der Waals surface area contributed by atoms with Gasteiger partial charge in [-0.05, 0) is 25.0 Å². The van der Waals surface area contributed by atoms with Crippen molar-refractivity contribution < 1.29 is 9.59 Å². The summed E-state index contributed by atoms with van der Waals surface area (Å²) in [6, 6.07) is 6.97. The molecular weight excluding hydrogens is 216 g/mol. The molecule has 0 atom stereocenters. The number of nitrogens with two attached hydrogens (primary N) is 1. The summed E-state index contributed by atoms with van der Waals surface area (Å²) in [5, 5.41) is 2.98. The van der Waals surface area contributed by atoms with Gasteiger partial charge in [0.15, 0.2) is 5.78 Å². The van der Waals surface area contributed by atoms with Crippen LogP contribution in [0.25, 0.3) is 0 Å². The normalized spacial score (nSPS) is 17.4. The van der Waals surface area contributed by atoms with Gasteiger partial charge in [-0.3, -0.25) is 9.59 Å². The van der Waals surface area contributed by atoms with Crippen LogP contribution in [0.1, 0.15) is 29.6 Å². The molecule has 0 unspecified atom stereocenters. The van der Waals surface area contributed by atoms with E-state index >= 15 is 0 Å². The Balaban J connectivity index is 2.19. The van der Waals surface area contributed by atoms with Crippen LogP contribution in [0, 0.1) is 0 Å². The number of hydrogen-bond donors (Lipinski definition) is 2. The molecule has 0 aliphatic heterocycles. The van der Waals surface area contributed by atoms with E-state index in [9.17, 15) is 9.59 Å². The monoisotopic (exact) mass is 230 g/mol. The van der Waals surface area contributed by atoms with Crippen LogP contribution in [-0.4, -0.2) is 11.7 Å². The fourth-order valence-corrected chi connectivity index (χ4v) is 1.88. The van der Waals surface area contributed by atoms with Gasteiger partial charge in [0.1, 0.15) is 0 Å². The van der Waals surface area contributed by atoms with Gasteiger partial charge < -0.3 is 11.1 Å². The minimum Gasteiger partial charge on any atom is -0.366 e. The third kappa shape index (κ3) is 2.53. The molecule has 0 radical (unpaired) electrons. The second-order valence-electron chi connectivity index (χ2n) is 4.00. The summed E-state index contributed by atoms with van der Waals surface area (Å²) in [4.78, 5) is 22.6. The lowest BCUT2D eigenvalue weighted by Gasteiger charge is -2.06. The SMILES string of the molecule is NC(=O)c1ccccc1NC=C1CCCC1=O. The van der Waals surface area contributed by atoms with Gasteiger partial charge in [-0.25, -0.2) is 0 Å². The first kappa shape index (κ1) is 11.4. The Bertz CT molecular complexity index is 492. The summed E-state index contributed by atoms with van der Waals surface area (Å²) in [6.45, 7) is 0. The van der Waals surface area contributed by atoms with Gasteiger partial charge in [-0.1, -0.05) is 12.1 Å². The van der Waals surface area contributed by atoms with Crippen molar-refractivity contribution in [1.29, 1.82) is 0 Å². The first-order chi connectivity index (χ1) is 8.18. The number of rotatable bonds is 3. The predicted octanol–water partition coefficient (Wildman–Crippen LogP) is 1.83. The molecule has 4 heteroatoms. The number of Topliss-reactive ketones (excluding diaryl/α,β-unsaturated/α-hetero) is 1. The van der Waals surface area contributed by atoms with E-state index < -0.39 is 5.91 Å². The highest BCUT2D eigenvalue weighted by Gasteiger charge is 2.16. The minimum absolute atomic E-state index is 0.175. The molecule has 1 aromatic rings. The number of carbonyl (C=O) groups excluding carboxylic acids is 2. The van der Waals surface area contributed by atoms with Crippen molar-refractivity contribution in [2.45, 2.75) is 19.3 Å². The number of ketones is 1. The van der Waals surface area contributed by atoms with E-state index in [2.05, 4.69) is 5.32 Å². The molecule has 0 aromatic heterocycles. The first-order valence-electron chi connectivity index (χ1n) is 5.56. The average Bonchev–Trinajstić information content (AvgIpc) is 2.72. The summed E-state index contributed by atoms with van der Waals surface area (Å²) in [5.41, 5.74) is 7.10. The van der Waals surface area contributed by atoms with E-state index in [1.165, 1.54) is 0 Å². The third-order valence-electron chi connectivity index (χ3n) is 2.80. The molecule has 2 rings (SSSR count). The van der Waals surface area contributed by atoms with Crippen molar-refractivity contribution in [2.24, 2.45) is 5.73 Å². The lowest BCUT2D eigenvalue weighted by atomic mass is 10.1. The zero-order chi connectivity index (χ0) is 12.3. The third-order valence-corrected chi connectivity index (χ3v) is 2.80. The zero-order valence-electron chi connectivity index (χ0n) is 9.40. The number of allylic oxidation sites excluding steroid dienone is 1. The van der Waals surface area contributed by atoms with Crippen molar-refractivity contribution in [3.8, 4) is 0 Å². The molecular formula is C13H14N2O2. The smallest absolute Gasteiger partial charge is 0.250 e. The number of anilines is 1. The van der Waals surface area contributed by atoms with Crippen LogP contribution in [0.3, 0.4) is 0 Å². The zero-order valence-corrected chi connectivity index (χ0v) is 9.40. The molecule has 1 saturated carbocycles. The number of amides is 1. The lowest BCUT2D eigenvalue weighted by molar-refractivity contribution is -0.114. The molecule has 88 valence electrons. The van der Waals surface area contributed by atoms with Crippen LogP contribution in [0.2, 0.25) is 0 Å². The molecule has 17 heavy (non-hydrogen) atoms. The van der Waals surface area contributed by atoms with Crippen LogP contribution in [0.4, 0.5) is 5.69 Å². The summed E-state index contributed by atoms with van der Waals surface area (Å²) in [5.74, 6) is -0.307. The van der Waals surface area contributed by atoms with E-state index in [1.807, 2.05) is 6.07 Å². The minimum atomic E-state index is -0.482. The number of primary amides is 1. The van der Waals surface area contributed by atoms with Crippen LogP contribution >= 0.6 is 0 Å². The van der Waals surface area contributed by atoms with Gasteiger partial charge in [0, 0.05) is 18.2 Å². The summed E-state index contributed by atoms with van der Waals surface area (Å²) < 4.78 is 0. The fraction of sp³-hybridized carbons (Fsp3) is 0.231. The van der Waals surface area contributed by atoms with Gasteiger partial charge in [0.2, 0.25) is 0 Å². The molecule has 1 aliphatic rings. The summed E-state index contributed by atoms with van der Waals surface area (Å²) in [7, 11) is 0. The Morgan fingerprint density at radius 2 is 2.06 bits per heavy atom. The standard InChI is InChI=1S/C13H14N2O2/c14-13(17)10-5-1-2-6-11(10)15-8-9-4-3-7-12(9)16/h1-2,5-6,8,15H,3-4,7H2,(H2,14,17). The van der Waals surface area contributed by atoms with Crippen LogP contribution in [-0.2, 0) is 4.79 Å². The maximum absolute atomic E-state index is 11.4. The van der Waals surface area contributed by atoms with Crippen molar-refractivity contribution in [2.75, 3.05) is 5.32 Å². The second kappa shape index (κ2) is 4.82. The highest BCUT2D eigenvalue weighted by molar-refractivity contribution is 6.00. The Morgan fingerprint density at radius 1 is 1.29 bits per heavy atom. The Morgan fingerprint density at radius 3 is 2.71 bits per heavy atom. The van der Waals surface area contributed by atoms with Gasteiger partial charge in [0.05, 0.1) is 11.3 Å². The van der Waals surface area contributed by atoms with Gasteiger partial charge in [-0.2, -0.15) is 0 Å². The Hall–Kier alpha value is -2.10. The molecule has 0 saturated heterocycles. The molecule has 1 aromatic carbocycles. The Kier molecular flexibility index (Phi) is 3.23. The Labute approximate surface area is 99.5 Å². The van der Waals surface area contributed by atoms with Crippen molar-refractivity contribution in [3.05, 3.63) is 41.6 Å². The molecule has 4 nitrogen and oxygen atoms in total. The van der Waals surface area contributed by atoms with Crippen molar-refractivity contribution >= 4 is 17.4 Å². The maximum Gasteiger partial charge on any atom is 0.250 e. The summed E-state index contributed by atoms with van der Waals surface area (Å²) >= 11 is 0. The quantitative estimate of drug-likeness (QED) is 0.778. The first-order valence-corrected chi connectivity index (χ1v) is 5.56. The predicted molar refractivity (Wildman–Crippen MR) is 65.5 cm³/mol. The molecule has 0 heterocycles. The van der Waals surface area contributed by atoms with E-state index in [-0.39, 0.29) is 5.78 Å². The van der Waals surface area contributed by atoms with E-state index in [0.29, 0.717) is 17.7 Å². The lowest BCUT2D eigenvalue weighted by Crippen LogP contribution is -2.13. The fourth-order valence-electron chi connectivity index (χ4n) is 1.88. The number of benzene rings is 1. The highest BCUT2D eigenvalue weighted by atomic mass is 16.1. The van der Waals surface area contributed by atoms with Crippen molar-refractivity contribution in [1.82, 2.24) is 0 Å². The van der Waals surface area contributed by atoms with E-state index in [0.717, 1.165) is 18.4 Å². The number of hydrogen-bond acceptors (Lipinski definition) is 3. The maximum atomic E-state index is 11.4. The molecule has 0 spiro atoms. The van der Waals surface area contributed by atoms with Gasteiger partial charge in [0.25, 0.3) is 5.91 Å². The topological polar surface area (TPSA) is 72.2 Å². The van der Waals surface area contributed by atoms with E-state index in [1.54, 1.807) is 24.4 Å². The van der Waals surface area contributed by atoms with E-state index in [4.69, 9.17) is 5.73 Å². The molecule has 0 bridgehead atoms. The van der Waals surface area contributed by atoms with Crippen LogP contribution in [0.15, 0.2) is 36.0 Å². The van der Waals surface area contributed by atoms with Crippen LogP contribution in [0.5, 0.6) is 0 Å². The molecule has 3 N–H and O–H groups in total. The summed E-state index contributed by atoms with van der Waals surface area (Å²) in [6.07, 6.45) is 4.00. The number of nitrogens with one attached hydrogen (secondary N) is 1. The van der Waals surface area contributed by atoms with Gasteiger partial charge in [-0.15, -0.1) is 0 Å².